The van der Waals surface area contributed by atoms with Crippen LogP contribution in [-0.4, -0.2) is 30.6 Å². The van der Waals surface area contributed by atoms with Gasteiger partial charge in [0.25, 0.3) is 0 Å². The van der Waals surface area contributed by atoms with Crippen molar-refractivity contribution in [3.05, 3.63) is 23.4 Å². The monoisotopic (exact) mass is 269 g/mol. The van der Waals surface area contributed by atoms with E-state index in [9.17, 15) is 4.79 Å². The zero-order valence-electron chi connectivity index (χ0n) is 9.99. The summed E-state index contributed by atoms with van der Waals surface area (Å²) in [4.78, 5) is 16.4. The summed E-state index contributed by atoms with van der Waals surface area (Å²) in [5.41, 5.74) is 5.21. The highest BCUT2D eigenvalue weighted by Gasteiger charge is 2.38. The summed E-state index contributed by atoms with van der Waals surface area (Å²) in [7, 11) is 0. The van der Waals surface area contributed by atoms with Crippen molar-refractivity contribution in [3.63, 3.8) is 0 Å². The Kier molecular flexibility index (Phi) is 4.16. The molecule has 1 fully saturated rings. The lowest BCUT2D eigenvalue weighted by Gasteiger charge is -2.34. The van der Waals surface area contributed by atoms with Crippen LogP contribution in [0.2, 0.25) is 5.02 Å². The van der Waals surface area contributed by atoms with Crippen LogP contribution in [0.1, 0.15) is 12.8 Å². The first-order valence-corrected chi connectivity index (χ1v) is 6.25. The van der Waals surface area contributed by atoms with Crippen LogP contribution < -0.4 is 11.1 Å². The predicted molar refractivity (Wildman–Crippen MR) is 69.4 cm³/mol. The molecule has 1 aliphatic rings. The summed E-state index contributed by atoms with van der Waals surface area (Å²) in [6, 6.07) is 3.27. The van der Waals surface area contributed by atoms with E-state index in [0.717, 1.165) is 0 Å². The van der Waals surface area contributed by atoms with Gasteiger partial charge in [0.2, 0.25) is 5.91 Å². The summed E-state index contributed by atoms with van der Waals surface area (Å²) in [5.74, 6) is 0.342. The SMILES string of the molecule is NCC1(C(=O)Nc2cc(Cl)ccn2)CCOCC1. The molecule has 0 atom stereocenters. The van der Waals surface area contributed by atoms with Crippen molar-refractivity contribution < 1.29 is 9.53 Å². The molecule has 0 aromatic carbocycles. The van der Waals surface area contributed by atoms with Gasteiger partial charge >= 0.3 is 0 Å². The van der Waals surface area contributed by atoms with E-state index in [2.05, 4.69) is 10.3 Å². The first kappa shape index (κ1) is 13.3. The average molecular weight is 270 g/mol. The number of carbonyl (C=O) groups excluding carboxylic acids is 1. The Hall–Kier alpha value is -1.17. The van der Waals surface area contributed by atoms with Gasteiger partial charge in [-0.3, -0.25) is 4.79 Å². The van der Waals surface area contributed by atoms with E-state index in [0.29, 0.717) is 43.4 Å². The molecule has 0 bridgehead atoms. The summed E-state index contributed by atoms with van der Waals surface area (Å²) >= 11 is 5.85. The third-order valence-corrected chi connectivity index (χ3v) is 3.52. The maximum absolute atomic E-state index is 12.3. The molecular formula is C12H16ClN3O2. The average Bonchev–Trinajstić information content (AvgIpc) is 2.39. The number of ether oxygens (including phenoxy) is 1. The third kappa shape index (κ3) is 2.80. The van der Waals surface area contributed by atoms with Crippen LogP contribution in [0.15, 0.2) is 18.3 Å². The third-order valence-electron chi connectivity index (χ3n) is 3.29. The molecule has 18 heavy (non-hydrogen) atoms. The van der Waals surface area contributed by atoms with E-state index >= 15 is 0 Å². The molecule has 3 N–H and O–H groups in total. The fraction of sp³-hybridized carbons (Fsp3) is 0.500. The second-order valence-corrected chi connectivity index (χ2v) is 4.85. The minimum atomic E-state index is -0.553. The van der Waals surface area contributed by atoms with Crippen LogP contribution in [0.4, 0.5) is 5.82 Å². The number of nitrogens with one attached hydrogen (secondary N) is 1. The number of rotatable bonds is 3. The van der Waals surface area contributed by atoms with Gasteiger partial charge in [-0.1, -0.05) is 11.6 Å². The number of pyridine rings is 1. The van der Waals surface area contributed by atoms with Crippen LogP contribution in [-0.2, 0) is 9.53 Å². The Morgan fingerprint density at radius 3 is 2.89 bits per heavy atom. The summed E-state index contributed by atoms with van der Waals surface area (Å²) in [5, 5.41) is 3.31. The normalized spacial score (nSPS) is 18.3. The lowest BCUT2D eigenvalue weighted by Crippen LogP contribution is -2.46. The van der Waals surface area contributed by atoms with Crippen LogP contribution in [0, 0.1) is 5.41 Å². The Bertz CT molecular complexity index is 433. The number of nitrogens with two attached hydrogens (primary N) is 1. The maximum Gasteiger partial charge on any atom is 0.233 e. The van der Waals surface area contributed by atoms with E-state index in [1.807, 2.05) is 0 Å². The molecule has 2 rings (SSSR count). The van der Waals surface area contributed by atoms with Crippen molar-refractivity contribution in [2.24, 2.45) is 11.1 Å². The quantitative estimate of drug-likeness (QED) is 0.870. The molecule has 2 heterocycles. The highest BCUT2D eigenvalue weighted by Crippen LogP contribution is 2.30. The largest absolute Gasteiger partial charge is 0.381 e. The second kappa shape index (κ2) is 5.65. The highest BCUT2D eigenvalue weighted by molar-refractivity contribution is 6.30. The minimum absolute atomic E-state index is 0.108. The molecule has 1 amide bonds. The second-order valence-electron chi connectivity index (χ2n) is 4.41. The number of nitrogens with zero attached hydrogens (tertiary/aromatic N) is 1. The van der Waals surface area contributed by atoms with Crippen molar-refractivity contribution in [2.45, 2.75) is 12.8 Å². The first-order valence-electron chi connectivity index (χ1n) is 5.87. The molecule has 0 aliphatic carbocycles. The molecule has 0 radical (unpaired) electrons. The zero-order valence-corrected chi connectivity index (χ0v) is 10.7. The summed E-state index contributed by atoms with van der Waals surface area (Å²) in [6.07, 6.45) is 2.82. The van der Waals surface area contributed by atoms with Crippen LogP contribution in [0.5, 0.6) is 0 Å². The molecule has 5 nitrogen and oxygen atoms in total. The summed E-state index contributed by atoms with van der Waals surface area (Å²) < 4.78 is 5.27. The number of hydrogen-bond donors (Lipinski definition) is 2. The van der Waals surface area contributed by atoms with E-state index in [4.69, 9.17) is 22.1 Å². The molecule has 6 heteroatoms. The number of amides is 1. The number of carbonyl (C=O) groups is 1. The van der Waals surface area contributed by atoms with Gasteiger partial charge in [0.15, 0.2) is 0 Å². The number of halogens is 1. The smallest absolute Gasteiger partial charge is 0.233 e. The van der Waals surface area contributed by atoms with Crippen molar-refractivity contribution >= 4 is 23.3 Å². The Labute approximate surface area is 111 Å². The van der Waals surface area contributed by atoms with Gasteiger partial charge in [-0.15, -0.1) is 0 Å². The van der Waals surface area contributed by atoms with Crippen molar-refractivity contribution in [3.8, 4) is 0 Å². The molecule has 98 valence electrons. The van der Waals surface area contributed by atoms with E-state index < -0.39 is 5.41 Å². The van der Waals surface area contributed by atoms with E-state index in [1.54, 1.807) is 18.3 Å². The van der Waals surface area contributed by atoms with Crippen LogP contribution in [0.3, 0.4) is 0 Å². The molecule has 1 aromatic heterocycles. The standard InChI is InChI=1S/C12H16ClN3O2/c13-9-1-4-15-10(7-9)16-11(17)12(8-14)2-5-18-6-3-12/h1,4,7H,2-3,5-6,8,14H2,(H,15,16,17). The topological polar surface area (TPSA) is 77.2 Å². The van der Waals surface area contributed by atoms with Gasteiger partial charge in [0.05, 0.1) is 5.41 Å². The lowest BCUT2D eigenvalue weighted by molar-refractivity contribution is -0.130. The molecule has 1 aliphatic heterocycles. The molecule has 1 saturated heterocycles. The van der Waals surface area contributed by atoms with Gasteiger partial charge < -0.3 is 15.8 Å². The Morgan fingerprint density at radius 2 is 2.28 bits per heavy atom. The highest BCUT2D eigenvalue weighted by atomic mass is 35.5. The molecule has 0 saturated carbocycles. The van der Waals surface area contributed by atoms with Crippen LogP contribution >= 0.6 is 11.6 Å². The molecule has 0 spiro atoms. The van der Waals surface area contributed by atoms with Crippen LogP contribution in [0.25, 0.3) is 0 Å². The number of anilines is 1. The van der Waals surface area contributed by atoms with Crippen molar-refractivity contribution in [2.75, 3.05) is 25.1 Å². The minimum Gasteiger partial charge on any atom is -0.381 e. The number of aromatic nitrogens is 1. The van der Waals surface area contributed by atoms with Gasteiger partial charge in [0, 0.05) is 31.0 Å². The predicted octanol–water partition coefficient (Wildman–Crippen LogP) is 1.43. The van der Waals surface area contributed by atoms with Gasteiger partial charge in [0.1, 0.15) is 5.82 Å². The lowest BCUT2D eigenvalue weighted by atomic mass is 9.79. The summed E-state index contributed by atoms with van der Waals surface area (Å²) in [6.45, 7) is 1.43. The Morgan fingerprint density at radius 1 is 1.56 bits per heavy atom. The fourth-order valence-corrected chi connectivity index (χ4v) is 2.17. The van der Waals surface area contributed by atoms with Crippen molar-refractivity contribution in [1.82, 2.24) is 4.98 Å². The molecule has 1 aromatic rings. The van der Waals surface area contributed by atoms with Gasteiger partial charge in [-0.2, -0.15) is 0 Å². The Balaban J connectivity index is 2.10. The van der Waals surface area contributed by atoms with Gasteiger partial charge in [-0.05, 0) is 25.0 Å². The first-order chi connectivity index (χ1) is 8.66. The number of hydrogen-bond acceptors (Lipinski definition) is 4. The molecular weight excluding hydrogens is 254 g/mol. The molecule has 0 unspecified atom stereocenters. The van der Waals surface area contributed by atoms with Gasteiger partial charge in [-0.25, -0.2) is 4.98 Å². The van der Waals surface area contributed by atoms with E-state index in [-0.39, 0.29) is 5.91 Å². The van der Waals surface area contributed by atoms with E-state index in [1.165, 1.54) is 0 Å². The van der Waals surface area contributed by atoms with Crippen molar-refractivity contribution in [1.29, 1.82) is 0 Å². The zero-order chi connectivity index (χ0) is 13.0. The maximum atomic E-state index is 12.3. The fourth-order valence-electron chi connectivity index (χ4n) is 2.01.